The van der Waals surface area contributed by atoms with Crippen LogP contribution >= 0.6 is 0 Å². The van der Waals surface area contributed by atoms with Crippen LogP contribution in [0.4, 0.5) is 5.69 Å². The third kappa shape index (κ3) is 3.19. The van der Waals surface area contributed by atoms with Crippen molar-refractivity contribution in [1.29, 1.82) is 0 Å². The van der Waals surface area contributed by atoms with Gasteiger partial charge < -0.3 is 10.4 Å². The predicted molar refractivity (Wildman–Crippen MR) is 89.4 cm³/mol. The molecule has 2 aromatic rings. The van der Waals surface area contributed by atoms with E-state index in [1.54, 1.807) is 52.0 Å². The number of amides is 1. The van der Waals surface area contributed by atoms with Crippen molar-refractivity contribution in [1.82, 2.24) is 10.2 Å². The van der Waals surface area contributed by atoms with Crippen LogP contribution in [0.15, 0.2) is 29.1 Å². The minimum atomic E-state index is -1.03. The molecule has 1 aromatic carbocycles. The van der Waals surface area contributed by atoms with Crippen molar-refractivity contribution >= 4 is 17.6 Å². The summed E-state index contributed by atoms with van der Waals surface area (Å²) in [6, 6.07) is 6.49. The van der Waals surface area contributed by atoms with Gasteiger partial charge >= 0.3 is 5.97 Å². The van der Waals surface area contributed by atoms with E-state index >= 15 is 0 Å². The molecule has 0 radical (unpaired) electrons. The van der Waals surface area contributed by atoms with Crippen LogP contribution < -0.4 is 10.9 Å². The predicted octanol–water partition coefficient (Wildman–Crippen LogP) is 2.00. The van der Waals surface area contributed by atoms with E-state index < -0.39 is 22.9 Å². The summed E-state index contributed by atoms with van der Waals surface area (Å²) in [5.74, 6) is -1.47. The van der Waals surface area contributed by atoms with Crippen molar-refractivity contribution in [2.75, 3.05) is 5.32 Å². The molecule has 0 aliphatic carbocycles. The first-order valence-electron chi connectivity index (χ1n) is 7.35. The molecule has 0 saturated heterocycles. The molecule has 3 N–H and O–H groups in total. The van der Waals surface area contributed by atoms with Gasteiger partial charge in [-0.3, -0.25) is 14.4 Å². The second kappa shape index (κ2) is 6.27. The second-order valence-electron chi connectivity index (χ2n) is 6.10. The molecule has 2 rings (SSSR count). The first-order chi connectivity index (χ1) is 11.1. The van der Waals surface area contributed by atoms with Crippen molar-refractivity contribution in [2.45, 2.75) is 33.1 Å². The van der Waals surface area contributed by atoms with Crippen LogP contribution in [-0.4, -0.2) is 27.2 Å². The zero-order valence-electron chi connectivity index (χ0n) is 13.9. The molecule has 0 saturated carbocycles. The van der Waals surface area contributed by atoms with Crippen LogP contribution in [-0.2, 0) is 10.2 Å². The number of aromatic nitrogens is 2. The molecule has 0 atom stereocenters. The molecule has 0 aliphatic rings. The summed E-state index contributed by atoms with van der Waals surface area (Å²) in [6.07, 6.45) is 0. The fraction of sp³-hybridized carbons (Fsp3) is 0.294. The lowest BCUT2D eigenvalue weighted by Gasteiger charge is -2.20. The Kier molecular flexibility index (Phi) is 4.54. The Morgan fingerprint density at radius 2 is 1.75 bits per heavy atom. The van der Waals surface area contributed by atoms with Crippen LogP contribution in [0, 0.1) is 13.8 Å². The number of aliphatic carboxylic acids is 1. The van der Waals surface area contributed by atoms with Crippen molar-refractivity contribution in [2.24, 2.45) is 0 Å². The number of aryl methyl sites for hydroxylation is 1. The van der Waals surface area contributed by atoms with Gasteiger partial charge in [0.15, 0.2) is 0 Å². The van der Waals surface area contributed by atoms with Crippen LogP contribution in [0.1, 0.15) is 41.0 Å². The Balaban J connectivity index is 2.27. The number of carbonyl (C=O) groups is 2. The van der Waals surface area contributed by atoms with Gasteiger partial charge in [0.1, 0.15) is 5.56 Å². The minimum Gasteiger partial charge on any atom is -0.481 e. The Morgan fingerprint density at radius 1 is 1.17 bits per heavy atom. The lowest BCUT2D eigenvalue weighted by molar-refractivity contribution is -0.142. The molecule has 126 valence electrons. The van der Waals surface area contributed by atoms with E-state index in [1.165, 1.54) is 0 Å². The summed E-state index contributed by atoms with van der Waals surface area (Å²) in [5, 5.41) is 18.0. The molecule has 1 aromatic heterocycles. The highest BCUT2D eigenvalue weighted by atomic mass is 16.4. The van der Waals surface area contributed by atoms with Crippen molar-refractivity contribution < 1.29 is 14.7 Å². The van der Waals surface area contributed by atoms with E-state index in [-0.39, 0.29) is 5.56 Å². The summed E-state index contributed by atoms with van der Waals surface area (Å²) >= 11 is 0. The lowest BCUT2D eigenvalue weighted by Crippen LogP contribution is -2.28. The van der Waals surface area contributed by atoms with Crippen molar-refractivity contribution in [3.63, 3.8) is 0 Å². The molecule has 0 unspecified atom stereocenters. The number of nitrogens with one attached hydrogen (secondary N) is 2. The number of carboxylic acid groups (broad SMARTS) is 1. The van der Waals surface area contributed by atoms with Gasteiger partial charge in [0, 0.05) is 5.69 Å². The van der Waals surface area contributed by atoms with Gasteiger partial charge in [-0.1, -0.05) is 12.1 Å². The summed E-state index contributed by atoms with van der Waals surface area (Å²) in [5.41, 5.74) is 0.591. The molecule has 0 bridgehead atoms. The van der Waals surface area contributed by atoms with Gasteiger partial charge in [-0.25, -0.2) is 5.10 Å². The van der Waals surface area contributed by atoms with Crippen LogP contribution in [0.5, 0.6) is 0 Å². The van der Waals surface area contributed by atoms with E-state index in [1.807, 2.05) is 0 Å². The first kappa shape index (κ1) is 17.4. The summed E-state index contributed by atoms with van der Waals surface area (Å²) in [4.78, 5) is 35.4. The summed E-state index contributed by atoms with van der Waals surface area (Å²) in [7, 11) is 0. The van der Waals surface area contributed by atoms with Crippen LogP contribution in [0.25, 0.3) is 0 Å². The summed E-state index contributed by atoms with van der Waals surface area (Å²) < 4.78 is 0. The average molecular weight is 329 g/mol. The van der Waals surface area contributed by atoms with Gasteiger partial charge in [0.2, 0.25) is 0 Å². The average Bonchev–Trinajstić information content (AvgIpc) is 2.51. The zero-order valence-corrected chi connectivity index (χ0v) is 13.9. The Morgan fingerprint density at radius 3 is 2.29 bits per heavy atom. The van der Waals surface area contributed by atoms with Gasteiger partial charge in [-0.05, 0) is 51.0 Å². The monoisotopic (exact) mass is 329 g/mol. The standard InChI is InChI=1S/C17H19N3O4/c1-9-10(2)19-20-15(22)13(9)14(21)18-12-7-5-11(6-8-12)17(3,4)16(23)24/h5-8H,1-4H3,(H,18,21)(H,20,22)(H,23,24). The molecular formula is C17H19N3O4. The highest BCUT2D eigenvalue weighted by Crippen LogP contribution is 2.25. The van der Waals surface area contributed by atoms with E-state index in [0.717, 1.165) is 0 Å². The smallest absolute Gasteiger partial charge is 0.313 e. The molecular weight excluding hydrogens is 310 g/mol. The zero-order chi connectivity index (χ0) is 18.1. The fourth-order valence-corrected chi connectivity index (χ4v) is 2.19. The third-order valence-electron chi connectivity index (χ3n) is 4.10. The first-order valence-corrected chi connectivity index (χ1v) is 7.35. The second-order valence-corrected chi connectivity index (χ2v) is 6.10. The number of carbonyl (C=O) groups excluding carboxylic acids is 1. The molecule has 0 spiro atoms. The topological polar surface area (TPSA) is 112 Å². The molecule has 1 heterocycles. The highest BCUT2D eigenvalue weighted by Gasteiger charge is 2.29. The van der Waals surface area contributed by atoms with E-state index in [9.17, 15) is 19.5 Å². The van der Waals surface area contributed by atoms with Crippen LogP contribution in [0.3, 0.4) is 0 Å². The van der Waals surface area contributed by atoms with Crippen molar-refractivity contribution in [3.05, 3.63) is 57.0 Å². The van der Waals surface area contributed by atoms with E-state index in [2.05, 4.69) is 15.5 Å². The Hall–Kier alpha value is -2.96. The minimum absolute atomic E-state index is 0.0115. The molecule has 24 heavy (non-hydrogen) atoms. The maximum Gasteiger partial charge on any atom is 0.313 e. The van der Waals surface area contributed by atoms with Gasteiger partial charge in [0.05, 0.1) is 11.1 Å². The van der Waals surface area contributed by atoms with Gasteiger partial charge in [0.25, 0.3) is 11.5 Å². The number of aromatic amines is 1. The van der Waals surface area contributed by atoms with E-state index in [0.29, 0.717) is 22.5 Å². The fourth-order valence-electron chi connectivity index (χ4n) is 2.19. The number of nitrogens with zero attached hydrogens (tertiary/aromatic N) is 1. The number of anilines is 1. The van der Waals surface area contributed by atoms with E-state index in [4.69, 9.17) is 0 Å². The maximum absolute atomic E-state index is 12.3. The highest BCUT2D eigenvalue weighted by molar-refractivity contribution is 6.05. The number of H-pyrrole nitrogens is 1. The number of rotatable bonds is 4. The normalized spacial score (nSPS) is 11.2. The molecule has 0 aliphatic heterocycles. The number of hydrogen-bond donors (Lipinski definition) is 3. The molecule has 7 nitrogen and oxygen atoms in total. The molecule has 1 amide bonds. The largest absolute Gasteiger partial charge is 0.481 e. The third-order valence-corrected chi connectivity index (χ3v) is 4.10. The van der Waals surface area contributed by atoms with Gasteiger partial charge in [-0.15, -0.1) is 0 Å². The van der Waals surface area contributed by atoms with Gasteiger partial charge in [-0.2, -0.15) is 5.10 Å². The lowest BCUT2D eigenvalue weighted by atomic mass is 9.85. The Bertz CT molecular complexity index is 851. The molecule has 7 heteroatoms. The maximum atomic E-state index is 12.3. The number of benzene rings is 1. The Labute approximate surface area is 138 Å². The van der Waals surface area contributed by atoms with Crippen LogP contribution in [0.2, 0.25) is 0 Å². The number of hydrogen-bond acceptors (Lipinski definition) is 4. The quantitative estimate of drug-likeness (QED) is 0.794. The summed E-state index contributed by atoms with van der Waals surface area (Å²) in [6.45, 7) is 6.56. The molecule has 0 fully saturated rings. The SMILES string of the molecule is Cc1n[nH]c(=O)c(C(=O)Nc2ccc(C(C)(C)C(=O)O)cc2)c1C. The number of carboxylic acids is 1. The van der Waals surface area contributed by atoms with Crippen molar-refractivity contribution in [3.8, 4) is 0 Å².